The first-order valence-corrected chi connectivity index (χ1v) is 10.4. The zero-order chi connectivity index (χ0) is 23.3. The summed E-state index contributed by atoms with van der Waals surface area (Å²) in [5, 5.41) is 27.7. The lowest BCUT2D eigenvalue weighted by Crippen LogP contribution is -2.37. The molecule has 1 unspecified atom stereocenters. The van der Waals surface area contributed by atoms with Crippen LogP contribution in [0.4, 0.5) is 5.13 Å². The summed E-state index contributed by atoms with van der Waals surface area (Å²) in [7, 11) is 1.80. The number of amides is 2. The van der Waals surface area contributed by atoms with Crippen molar-refractivity contribution >= 4 is 34.3 Å². The van der Waals surface area contributed by atoms with E-state index in [2.05, 4.69) is 20.7 Å². The zero-order valence-corrected chi connectivity index (χ0v) is 18.1. The predicted molar refractivity (Wildman–Crippen MR) is 117 cm³/mol. The van der Waals surface area contributed by atoms with E-state index in [9.17, 15) is 14.4 Å². The highest BCUT2D eigenvalue weighted by atomic mass is 32.1. The predicted octanol–water partition coefficient (Wildman–Crippen LogP) is 2.59. The number of aromatic carboxylic acids is 1. The highest BCUT2D eigenvalue weighted by molar-refractivity contribution is 7.17. The van der Waals surface area contributed by atoms with Gasteiger partial charge in [-0.25, -0.2) is 9.78 Å². The number of benzene rings is 1. The Balaban J connectivity index is 1.66. The minimum atomic E-state index is -1.12. The number of rotatable bonds is 8. The van der Waals surface area contributed by atoms with Gasteiger partial charge in [0.25, 0.3) is 5.91 Å². The van der Waals surface area contributed by atoms with Crippen LogP contribution in [-0.2, 0) is 11.8 Å². The minimum absolute atomic E-state index is 0.0377. The van der Waals surface area contributed by atoms with E-state index < -0.39 is 23.8 Å². The third-order valence-corrected chi connectivity index (χ3v) is 5.57. The van der Waals surface area contributed by atoms with Crippen LogP contribution in [0, 0.1) is 18.3 Å². The summed E-state index contributed by atoms with van der Waals surface area (Å²) in [6.45, 7) is 1.54. The first-order chi connectivity index (χ1) is 15.3. The number of hydrogen-bond acceptors (Lipinski definition) is 7. The van der Waals surface area contributed by atoms with Crippen LogP contribution < -0.4 is 10.6 Å². The summed E-state index contributed by atoms with van der Waals surface area (Å²) in [5.74, 6) is -2.02. The fourth-order valence-corrected chi connectivity index (χ4v) is 3.83. The van der Waals surface area contributed by atoms with Gasteiger partial charge in [-0.05, 0) is 24.6 Å². The number of nitrogens with zero attached hydrogens (tertiary/aromatic N) is 4. The highest BCUT2D eigenvalue weighted by Gasteiger charge is 2.20. The Morgan fingerprint density at radius 3 is 2.72 bits per heavy atom. The third kappa shape index (κ3) is 5.55. The van der Waals surface area contributed by atoms with E-state index in [0.29, 0.717) is 11.3 Å². The number of hydrogen-bond donors (Lipinski definition) is 3. The zero-order valence-electron chi connectivity index (χ0n) is 17.3. The van der Waals surface area contributed by atoms with Gasteiger partial charge >= 0.3 is 5.97 Å². The molecule has 1 aromatic carbocycles. The molecule has 0 aliphatic carbocycles. The molecular formula is C21H20N6O4S. The molecule has 2 aromatic heterocycles. The standard InChI is InChI=1S/C21H20N6O4S/c1-12-18(20(30)31)32-21(24-12)26-17(28)9-16(6-7-22)25-19(29)14-5-3-4-13(8-14)15-10-23-27(2)11-15/h3-5,8,10-11,16H,6,9H2,1-2H3,(H,25,29)(H,30,31)(H,24,26,28). The van der Waals surface area contributed by atoms with E-state index >= 15 is 0 Å². The maximum absolute atomic E-state index is 12.7. The van der Waals surface area contributed by atoms with Crippen LogP contribution in [0.25, 0.3) is 11.1 Å². The normalized spacial score (nSPS) is 11.4. The molecule has 0 aliphatic rings. The molecule has 0 bridgehead atoms. The lowest BCUT2D eigenvalue weighted by Gasteiger charge is -2.15. The summed E-state index contributed by atoms with van der Waals surface area (Å²) < 4.78 is 1.66. The fraction of sp³-hybridized carbons (Fsp3) is 0.238. The van der Waals surface area contributed by atoms with Gasteiger partial charge in [0.2, 0.25) is 5.91 Å². The number of carboxylic acid groups (broad SMARTS) is 1. The molecule has 3 aromatic rings. The molecule has 3 rings (SSSR count). The van der Waals surface area contributed by atoms with Gasteiger partial charge in [0.1, 0.15) is 4.88 Å². The number of aromatic nitrogens is 3. The first-order valence-electron chi connectivity index (χ1n) is 9.54. The molecule has 2 heterocycles. The molecule has 1 atom stereocenters. The number of anilines is 1. The van der Waals surface area contributed by atoms with Crippen molar-refractivity contribution in [1.29, 1.82) is 5.26 Å². The lowest BCUT2D eigenvalue weighted by molar-refractivity contribution is -0.116. The SMILES string of the molecule is Cc1nc(NC(=O)CC(CC#N)NC(=O)c2cccc(-c3cnn(C)c3)c2)sc1C(=O)O. The molecule has 2 amide bonds. The largest absolute Gasteiger partial charge is 0.477 e. The van der Waals surface area contributed by atoms with Crippen molar-refractivity contribution < 1.29 is 19.5 Å². The Bertz CT molecular complexity index is 1210. The molecule has 0 spiro atoms. The van der Waals surface area contributed by atoms with Crippen LogP contribution in [0.15, 0.2) is 36.7 Å². The number of nitriles is 1. The van der Waals surface area contributed by atoms with Crippen molar-refractivity contribution in [2.24, 2.45) is 7.05 Å². The summed E-state index contributed by atoms with van der Waals surface area (Å²) in [6.07, 6.45) is 3.28. The quantitative estimate of drug-likeness (QED) is 0.475. The average molecular weight is 452 g/mol. The Labute approximate surface area is 187 Å². The second kappa shape index (κ2) is 9.84. The summed E-state index contributed by atoms with van der Waals surface area (Å²) in [6, 6.07) is 8.19. The van der Waals surface area contributed by atoms with Gasteiger partial charge in [-0.2, -0.15) is 10.4 Å². The van der Waals surface area contributed by atoms with Crippen LogP contribution in [0.5, 0.6) is 0 Å². The fourth-order valence-electron chi connectivity index (χ4n) is 3.01. The maximum atomic E-state index is 12.7. The van der Waals surface area contributed by atoms with Crippen LogP contribution in [0.2, 0.25) is 0 Å². The molecule has 32 heavy (non-hydrogen) atoms. The summed E-state index contributed by atoms with van der Waals surface area (Å²) >= 11 is 0.847. The molecule has 0 radical (unpaired) electrons. The number of carbonyl (C=O) groups is 3. The minimum Gasteiger partial charge on any atom is -0.477 e. The number of aryl methyl sites for hydroxylation is 2. The highest BCUT2D eigenvalue weighted by Crippen LogP contribution is 2.23. The number of nitrogens with one attached hydrogen (secondary N) is 2. The van der Waals surface area contributed by atoms with Crippen molar-refractivity contribution in [2.45, 2.75) is 25.8 Å². The van der Waals surface area contributed by atoms with Gasteiger partial charge in [-0.3, -0.25) is 14.3 Å². The number of carboxylic acids is 1. The van der Waals surface area contributed by atoms with Crippen molar-refractivity contribution in [1.82, 2.24) is 20.1 Å². The second-order valence-corrected chi connectivity index (χ2v) is 8.01. The number of carbonyl (C=O) groups excluding carboxylic acids is 2. The van der Waals surface area contributed by atoms with E-state index in [4.69, 9.17) is 10.4 Å². The summed E-state index contributed by atoms with van der Waals surface area (Å²) in [4.78, 5) is 40.3. The van der Waals surface area contributed by atoms with Crippen LogP contribution in [-0.4, -0.2) is 43.7 Å². The van der Waals surface area contributed by atoms with Crippen molar-refractivity contribution in [3.8, 4) is 17.2 Å². The lowest BCUT2D eigenvalue weighted by atomic mass is 10.0. The van der Waals surface area contributed by atoms with Crippen molar-refractivity contribution in [2.75, 3.05) is 5.32 Å². The molecule has 11 heteroatoms. The van der Waals surface area contributed by atoms with Gasteiger partial charge in [-0.15, -0.1) is 0 Å². The Hall–Kier alpha value is -4.04. The number of thiazole rings is 1. The van der Waals surface area contributed by atoms with Crippen molar-refractivity contribution in [3.05, 3.63) is 52.8 Å². The Kier molecular flexibility index (Phi) is 6.97. The topological polar surface area (TPSA) is 150 Å². The molecule has 10 nitrogen and oxygen atoms in total. The van der Waals surface area contributed by atoms with Crippen LogP contribution >= 0.6 is 11.3 Å². The van der Waals surface area contributed by atoms with Gasteiger partial charge in [-0.1, -0.05) is 23.5 Å². The van der Waals surface area contributed by atoms with Crippen LogP contribution in [0.1, 0.15) is 38.6 Å². The molecule has 0 fully saturated rings. The van der Waals surface area contributed by atoms with E-state index in [1.165, 1.54) is 6.92 Å². The van der Waals surface area contributed by atoms with Gasteiger partial charge in [0, 0.05) is 30.8 Å². The van der Waals surface area contributed by atoms with E-state index in [-0.39, 0.29) is 22.9 Å². The van der Waals surface area contributed by atoms with Crippen LogP contribution in [0.3, 0.4) is 0 Å². The van der Waals surface area contributed by atoms with E-state index in [1.54, 1.807) is 36.1 Å². The van der Waals surface area contributed by atoms with Gasteiger partial charge < -0.3 is 15.7 Å². The second-order valence-electron chi connectivity index (χ2n) is 7.01. The molecule has 3 N–H and O–H groups in total. The molecule has 0 saturated carbocycles. The molecular weight excluding hydrogens is 432 g/mol. The smallest absolute Gasteiger partial charge is 0.347 e. The molecule has 164 valence electrons. The van der Waals surface area contributed by atoms with E-state index in [1.807, 2.05) is 18.3 Å². The van der Waals surface area contributed by atoms with Gasteiger partial charge in [0.05, 0.1) is 30.4 Å². The first kappa shape index (κ1) is 22.6. The average Bonchev–Trinajstić information content (AvgIpc) is 3.33. The van der Waals surface area contributed by atoms with E-state index in [0.717, 1.165) is 22.5 Å². The summed E-state index contributed by atoms with van der Waals surface area (Å²) in [5.41, 5.74) is 2.35. The Morgan fingerprint density at radius 2 is 2.09 bits per heavy atom. The third-order valence-electron chi connectivity index (χ3n) is 4.50. The van der Waals surface area contributed by atoms with Crippen molar-refractivity contribution in [3.63, 3.8) is 0 Å². The van der Waals surface area contributed by atoms with Gasteiger partial charge in [0.15, 0.2) is 5.13 Å². The maximum Gasteiger partial charge on any atom is 0.347 e. The monoisotopic (exact) mass is 452 g/mol. The Morgan fingerprint density at radius 1 is 1.31 bits per heavy atom. The molecule has 0 saturated heterocycles. The molecule has 0 aliphatic heterocycles.